The van der Waals surface area contributed by atoms with Crippen LogP contribution in [0.4, 0.5) is 16.4 Å². The van der Waals surface area contributed by atoms with E-state index in [-0.39, 0.29) is 22.8 Å². The Morgan fingerprint density at radius 2 is 1.95 bits per heavy atom. The second-order valence-corrected chi connectivity index (χ2v) is 3.62. The first-order valence-corrected chi connectivity index (χ1v) is 5.04. The van der Waals surface area contributed by atoms with Gasteiger partial charge in [-0.05, 0) is 6.92 Å². The average Bonchev–Trinajstić information content (AvgIpc) is 2.89. The van der Waals surface area contributed by atoms with E-state index in [0.29, 0.717) is 5.69 Å². The Kier molecular flexibility index (Phi) is 2.66. The third kappa shape index (κ3) is 1.66. The number of nitrogen functional groups attached to an aromatic ring is 2. The maximum absolute atomic E-state index is 12.1. The Morgan fingerprint density at radius 1 is 1.26 bits per heavy atom. The molecule has 0 saturated carbocycles. The highest BCUT2D eigenvalue weighted by atomic mass is 16.2. The molecule has 0 atom stereocenters. The fourth-order valence-corrected chi connectivity index (χ4v) is 1.52. The maximum atomic E-state index is 12.1. The number of hydrogen-bond acceptors (Lipinski definition) is 7. The minimum atomic E-state index is -0.763. The molecule has 0 unspecified atom stereocenters. The van der Waals surface area contributed by atoms with Gasteiger partial charge in [-0.1, -0.05) is 0 Å². The molecule has 19 heavy (non-hydrogen) atoms. The summed E-state index contributed by atoms with van der Waals surface area (Å²) in [7, 11) is 0. The van der Waals surface area contributed by atoms with Gasteiger partial charge in [-0.2, -0.15) is 30.1 Å². The highest BCUT2D eigenvalue weighted by Gasteiger charge is 2.21. The van der Waals surface area contributed by atoms with Crippen LogP contribution in [0.1, 0.15) is 16.8 Å². The summed E-state index contributed by atoms with van der Waals surface area (Å²) >= 11 is 0. The number of carbonyl (C=O) groups excluding carboxylic acids is 1. The van der Waals surface area contributed by atoms with E-state index in [4.69, 9.17) is 22.0 Å². The molecule has 0 bridgehead atoms. The first-order chi connectivity index (χ1) is 9.01. The average molecular weight is 256 g/mol. The van der Waals surface area contributed by atoms with Crippen molar-refractivity contribution in [1.29, 1.82) is 10.5 Å². The molecular weight excluding hydrogens is 248 g/mol. The highest BCUT2D eigenvalue weighted by Crippen LogP contribution is 2.17. The lowest BCUT2D eigenvalue weighted by atomic mass is 10.3. The summed E-state index contributed by atoms with van der Waals surface area (Å²) in [6.45, 7) is 1.55. The summed E-state index contributed by atoms with van der Waals surface area (Å²) in [5, 5.41) is 25.2. The summed E-state index contributed by atoms with van der Waals surface area (Å²) in [5.74, 6) is -0.211. The van der Waals surface area contributed by atoms with Gasteiger partial charge in [0, 0.05) is 0 Å². The molecule has 0 fully saturated rings. The Morgan fingerprint density at radius 3 is 2.42 bits per heavy atom. The van der Waals surface area contributed by atoms with E-state index in [1.807, 2.05) is 6.07 Å². The molecule has 0 aromatic carbocycles. The van der Waals surface area contributed by atoms with Gasteiger partial charge < -0.3 is 11.5 Å². The van der Waals surface area contributed by atoms with Gasteiger partial charge in [-0.3, -0.25) is 0 Å². The van der Waals surface area contributed by atoms with Gasteiger partial charge in [0.25, 0.3) is 0 Å². The molecular formula is C10H8N8O. The van der Waals surface area contributed by atoms with Crippen molar-refractivity contribution in [1.82, 2.24) is 19.6 Å². The molecule has 94 valence electrons. The number of nitriles is 2. The van der Waals surface area contributed by atoms with Gasteiger partial charge in [0.1, 0.15) is 29.1 Å². The number of rotatable bonds is 0. The Labute approximate surface area is 107 Å². The molecule has 0 aliphatic rings. The molecule has 0 spiro atoms. The topological polar surface area (TPSA) is 152 Å². The van der Waals surface area contributed by atoms with Gasteiger partial charge in [-0.15, -0.1) is 0 Å². The number of carbonyl (C=O) groups is 1. The SMILES string of the molecule is Cc1nn(C(=O)n2ncc(C#N)c2N)c(N)c1C#N. The van der Waals surface area contributed by atoms with Crippen molar-refractivity contribution in [2.24, 2.45) is 0 Å². The normalized spacial score (nSPS) is 9.84. The second kappa shape index (κ2) is 4.16. The number of aryl methyl sites for hydroxylation is 1. The Hall–Kier alpha value is -3.33. The van der Waals surface area contributed by atoms with Crippen molar-refractivity contribution in [2.45, 2.75) is 6.92 Å². The maximum Gasteiger partial charge on any atom is 0.373 e. The van der Waals surface area contributed by atoms with Crippen molar-refractivity contribution in [2.75, 3.05) is 11.5 Å². The zero-order valence-electron chi connectivity index (χ0n) is 9.82. The van der Waals surface area contributed by atoms with Crippen LogP contribution >= 0.6 is 0 Å². The lowest BCUT2D eigenvalue weighted by Crippen LogP contribution is -2.24. The molecule has 0 aliphatic heterocycles. The molecule has 0 amide bonds. The molecule has 0 saturated heterocycles. The molecule has 9 heteroatoms. The largest absolute Gasteiger partial charge is 0.382 e. The van der Waals surface area contributed by atoms with Crippen LogP contribution in [0.3, 0.4) is 0 Å². The lowest BCUT2D eigenvalue weighted by Gasteiger charge is -2.03. The number of hydrogen-bond donors (Lipinski definition) is 2. The van der Waals surface area contributed by atoms with Crippen LogP contribution in [-0.2, 0) is 0 Å². The summed E-state index contributed by atoms with van der Waals surface area (Å²) < 4.78 is 1.61. The predicted molar refractivity (Wildman–Crippen MR) is 63.6 cm³/mol. The highest BCUT2D eigenvalue weighted by molar-refractivity contribution is 5.85. The number of nitrogens with zero attached hydrogens (tertiary/aromatic N) is 6. The van der Waals surface area contributed by atoms with Crippen LogP contribution in [-0.4, -0.2) is 25.6 Å². The smallest absolute Gasteiger partial charge is 0.373 e. The van der Waals surface area contributed by atoms with E-state index in [2.05, 4.69) is 10.2 Å². The van der Waals surface area contributed by atoms with Gasteiger partial charge in [-0.25, -0.2) is 4.79 Å². The van der Waals surface area contributed by atoms with Crippen LogP contribution in [0.15, 0.2) is 6.20 Å². The van der Waals surface area contributed by atoms with E-state index in [1.54, 1.807) is 13.0 Å². The molecule has 0 aliphatic carbocycles. The van der Waals surface area contributed by atoms with Gasteiger partial charge in [0.05, 0.1) is 11.9 Å². The third-order valence-electron chi connectivity index (χ3n) is 2.50. The molecule has 2 rings (SSSR count). The van der Waals surface area contributed by atoms with Crippen molar-refractivity contribution in [3.05, 3.63) is 23.0 Å². The van der Waals surface area contributed by atoms with Crippen LogP contribution in [0.25, 0.3) is 0 Å². The fourth-order valence-electron chi connectivity index (χ4n) is 1.52. The molecule has 0 radical (unpaired) electrons. The lowest BCUT2D eigenvalue weighted by molar-refractivity contribution is 0.239. The quantitative estimate of drug-likeness (QED) is 0.662. The zero-order chi connectivity index (χ0) is 14.2. The van der Waals surface area contributed by atoms with Gasteiger partial charge in [0.2, 0.25) is 0 Å². The minimum Gasteiger partial charge on any atom is -0.382 e. The second-order valence-electron chi connectivity index (χ2n) is 3.62. The number of nitrogens with two attached hydrogens (primary N) is 2. The van der Waals surface area contributed by atoms with Crippen LogP contribution in [0.2, 0.25) is 0 Å². The monoisotopic (exact) mass is 256 g/mol. The van der Waals surface area contributed by atoms with Gasteiger partial charge >= 0.3 is 6.03 Å². The summed E-state index contributed by atoms with van der Waals surface area (Å²) in [6.07, 6.45) is 1.16. The zero-order valence-corrected chi connectivity index (χ0v) is 9.82. The van der Waals surface area contributed by atoms with E-state index >= 15 is 0 Å². The standard InChI is InChI=1S/C10H8N8O/c1-5-7(3-12)9(14)18(16-5)10(19)17-8(13)6(2-11)4-15-17/h4H,13-14H2,1H3. The van der Waals surface area contributed by atoms with Crippen LogP contribution in [0, 0.1) is 29.6 Å². The van der Waals surface area contributed by atoms with Crippen molar-refractivity contribution in [3.63, 3.8) is 0 Å². The molecule has 4 N–H and O–H groups in total. The van der Waals surface area contributed by atoms with Crippen LogP contribution < -0.4 is 11.5 Å². The summed E-state index contributed by atoms with van der Waals surface area (Å²) in [5.41, 5.74) is 11.7. The molecule has 2 aromatic rings. The predicted octanol–water partition coefficient (Wildman–Crippen LogP) is -0.188. The summed E-state index contributed by atoms with van der Waals surface area (Å²) in [6, 6.07) is 2.88. The summed E-state index contributed by atoms with van der Waals surface area (Å²) in [4.78, 5) is 12.1. The minimum absolute atomic E-state index is 0.0660. The molecule has 2 heterocycles. The van der Waals surface area contributed by atoms with E-state index in [0.717, 1.165) is 15.6 Å². The van der Waals surface area contributed by atoms with E-state index < -0.39 is 6.03 Å². The van der Waals surface area contributed by atoms with Crippen molar-refractivity contribution in [3.8, 4) is 12.1 Å². The van der Waals surface area contributed by atoms with Crippen LogP contribution in [0.5, 0.6) is 0 Å². The first kappa shape index (κ1) is 12.1. The fraction of sp³-hybridized carbons (Fsp3) is 0.100. The number of anilines is 2. The number of aromatic nitrogens is 4. The Balaban J connectivity index is 2.55. The molecule has 2 aromatic heterocycles. The third-order valence-corrected chi connectivity index (χ3v) is 2.50. The van der Waals surface area contributed by atoms with Crippen molar-refractivity contribution < 1.29 is 4.79 Å². The molecule has 9 nitrogen and oxygen atoms in total. The van der Waals surface area contributed by atoms with E-state index in [1.165, 1.54) is 0 Å². The Bertz CT molecular complexity index is 754. The van der Waals surface area contributed by atoms with Gasteiger partial charge in [0.15, 0.2) is 5.82 Å². The first-order valence-electron chi connectivity index (χ1n) is 5.04. The van der Waals surface area contributed by atoms with E-state index in [9.17, 15) is 4.79 Å². The van der Waals surface area contributed by atoms with Crippen molar-refractivity contribution >= 4 is 17.7 Å².